The van der Waals surface area contributed by atoms with Crippen LogP contribution in [0.4, 0.5) is 0 Å². The SMILES string of the molecule is C=CC/C=C/C[CH2-].[Li+]. The maximum atomic E-state index is 3.64. The van der Waals surface area contributed by atoms with Crippen LogP contribution in [0.25, 0.3) is 0 Å². The van der Waals surface area contributed by atoms with Gasteiger partial charge < -0.3 is 6.92 Å². The first-order chi connectivity index (χ1) is 3.41. The van der Waals surface area contributed by atoms with Crippen LogP contribution < -0.4 is 18.9 Å². The van der Waals surface area contributed by atoms with E-state index in [0.29, 0.717) is 0 Å². The molecule has 0 radical (unpaired) electrons. The molecule has 0 saturated carbocycles. The molecule has 0 spiro atoms. The van der Waals surface area contributed by atoms with E-state index in [0.717, 1.165) is 12.8 Å². The number of allylic oxidation sites excluding steroid dienone is 3. The van der Waals surface area contributed by atoms with Gasteiger partial charge in [-0.2, -0.15) is 6.42 Å². The minimum Gasteiger partial charge on any atom is -0.340 e. The van der Waals surface area contributed by atoms with Gasteiger partial charge in [0.15, 0.2) is 0 Å². The Morgan fingerprint density at radius 3 is 2.38 bits per heavy atom. The summed E-state index contributed by atoms with van der Waals surface area (Å²) in [7, 11) is 0. The average Bonchev–Trinajstić information content (AvgIpc) is 1.69. The minimum atomic E-state index is 0. The Labute approximate surface area is 63.8 Å². The van der Waals surface area contributed by atoms with Crippen LogP contribution in [0.1, 0.15) is 12.8 Å². The van der Waals surface area contributed by atoms with Gasteiger partial charge >= 0.3 is 18.9 Å². The largest absolute Gasteiger partial charge is 1.00 e. The Bertz CT molecular complexity index is 64.8. The summed E-state index contributed by atoms with van der Waals surface area (Å²) in [6.07, 6.45) is 7.80. The maximum absolute atomic E-state index is 3.64. The Balaban J connectivity index is 0. The molecule has 0 nitrogen and oxygen atoms in total. The predicted molar refractivity (Wildman–Crippen MR) is 33.9 cm³/mol. The van der Waals surface area contributed by atoms with E-state index in [1.54, 1.807) is 0 Å². The summed E-state index contributed by atoms with van der Waals surface area (Å²) in [6, 6.07) is 0. The molecule has 0 atom stereocenters. The summed E-state index contributed by atoms with van der Waals surface area (Å²) in [5.74, 6) is 0. The van der Waals surface area contributed by atoms with Crippen molar-refractivity contribution in [2.45, 2.75) is 12.8 Å². The number of hydrogen-bond donors (Lipinski definition) is 0. The first-order valence-corrected chi connectivity index (χ1v) is 2.47. The van der Waals surface area contributed by atoms with Gasteiger partial charge in [0, 0.05) is 0 Å². The third kappa shape index (κ3) is 9.42. The Morgan fingerprint density at radius 1 is 1.38 bits per heavy atom. The zero-order chi connectivity index (χ0) is 5.54. The molecule has 1 heteroatoms. The van der Waals surface area contributed by atoms with Crippen LogP contribution in [0.2, 0.25) is 0 Å². The molecule has 0 unspecified atom stereocenters. The molecule has 0 aromatic rings. The second-order valence-electron chi connectivity index (χ2n) is 1.28. The van der Waals surface area contributed by atoms with Crippen LogP contribution in [-0.2, 0) is 0 Å². The molecule has 0 fully saturated rings. The molecular weight excluding hydrogens is 91.0 g/mol. The van der Waals surface area contributed by atoms with Gasteiger partial charge in [0.05, 0.1) is 0 Å². The molecule has 0 amide bonds. The van der Waals surface area contributed by atoms with Crippen molar-refractivity contribution in [1.82, 2.24) is 0 Å². The first-order valence-electron chi connectivity index (χ1n) is 2.47. The van der Waals surface area contributed by atoms with Gasteiger partial charge in [-0.25, -0.2) is 0 Å². The van der Waals surface area contributed by atoms with Crippen LogP contribution in [-0.4, -0.2) is 0 Å². The van der Waals surface area contributed by atoms with Crippen molar-refractivity contribution in [2.75, 3.05) is 0 Å². The Kier molecular flexibility index (Phi) is 13.9. The van der Waals surface area contributed by atoms with E-state index >= 15 is 0 Å². The van der Waals surface area contributed by atoms with Gasteiger partial charge in [-0.05, 0) is 6.42 Å². The first kappa shape index (κ1) is 11.0. The molecule has 0 aromatic carbocycles. The summed E-state index contributed by atoms with van der Waals surface area (Å²) in [5, 5.41) is 0. The molecule has 0 aromatic heterocycles. The third-order valence-corrected chi connectivity index (χ3v) is 0.636. The topological polar surface area (TPSA) is 0 Å². The van der Waals surface area contributed by atoms with E-state index in [-0.39, 0.29) is 18.9 Å². The van der Waals surface area contributed by atoms with Gasteiger partial charge in [-0.15, -0.1) is 12.7 Å². The van der Waals surface area contributed by atoms with Crippen LogP contribution >= 0.6 is 0 Å². The fourth-order valence-electron chi connectivity index (χ4n) is 0.310. The molecule has 0 rings (SSSR count). The van der Waals surface area contributed by atoms with Gasteiger partial charge in [-0.3, -0.25) is 0 Å². The van der Waals surface area contributed by atoms with Crippen molar-refractivity contribution >= 4 is 0 Å². The third-order valence-electron chi connectivity index (χ3n) is 0.636. The number of hydrogen-bond acceptors (Lipinski definition) is 0. The molecule has 0 heterocycles. The van der Waals surface area contributed by atoms with Crippen molar-refractivity contribution in [3.05, 3.63) is 31.7 Å². The molecule has 0 aliphatic rings. The molecule has 0 bridgehead atoms. The summed E-state index contributed by atoms with van der Waals surface area (Å²) in [6.45, 7) is 7.20. The number of rotatable bonds is 3. The van der Waals surface area contributed by atoms with Crippen LogP contribution in [0.5, 0.6) is 0 Å². The van der Waals surface area contributed by atoms with Crippen molar-refractivity contribution < 1.29 is 18.9 Å². The van der Waals surface area contributed by atoms with Gasteiger partial charge in [0.25, 0.3) is 0 Å². The predicted octanol–water partition coefficient (Wildman–Crippen LogP) is -0.653. The van der Waals surface area contributed by atoms with Crippen LogP contribution in [0, 0.1) is 6.92 Å². The smallest absolute Gasteiger partial charge is 0.340 e. The standard InChI is InChI=1S/C7H11.Li/c1-3-5-7-6-4-2;/h3,6-7H,1-2,4-5H2;/q-1;+1/b7-6+;. The van der Waals surface area contributed by atoms with Gasteiger partial charge in [0.1, 0.15) is 0 Å². The molecular formula is C7H11Li. The van der Waals surface area contributed by atoms with E-state index in [2.05, 4.69) is 19.6 Å². The van der Waals surface area contributed by atoms with E-state index < -0.39 is 0 Å². The van der Waals surface area contributed by atoms with Crippen molar-refractivity contribution in [1.29, 1.82) is 0 Å². The summed E-state index contributed by atoms with van der Waals surface area (Å²) in [4.78, 5) is 0. The Morgan fingerprint density at radius 2 is 2.00 bits per heavy atom. The van der Waals surface area contributed by atoms with Crippen molar-refractivity contribution in [3.63, 3.8) is 0 Å². The van der Waals surface area contributed by atoms with E-state index in [1.165, 1.54) is 0 Å². The van der Waals surface area contributed by atoms with Crippen LogP contribution in [0.15, 0.2) is 24.8 Å². The van der Waals surface area contributed by atoms with Crippen molar-refractivity contribution in [3.8, 4) is 0 Å². The minimum absolute atomic E-state index is 0. The second kappa shape index (κ2) is 10.1. The zero-order valence-corrected chi connectivity index (χ0v) is 5.56. The average molecular weight is 102 g/mol. The fourth-order valence-corrected chi connectivity index (χ4v) is 0.310. The maximum Gasteiger partial charge on any atom is 1.00 e. The second-order valence-corrected chi connectivity index (χ2v) is 1.28. The Hall–Kier alpha value is 0.0774. The molecule has 8 heavy (non-hydrogen) atoms. The quantitative estimate of drug-likeness (QED) is 0.252. The van der Waals surface area contributed by atoms with Gasteiger partial charge in [-0.1, -0.05) is 12.2 Å². The molecule has 0 N–H and O–H groups in total. The van der Waals surface area contributed by atoms with E-state index in [4.69, 9.17) is 0 Å². The molecule has 0 saturated heterocycles. The summed E-state index contributed by atoms with van der Waals surface area (Å²) < 4.78 is 0. The summed E-state index contributed by atoms with van der Waals surface area (Å²) in [5.41, 5.74) is 0. The summed E-state index contributed by atoms with van der Waals surface area (Å²) >= 11 is 0. The monoisotopic (exact) mass is 102 g/mol. The zero-order valence-electron chi connectivity index (χ0n) is 5.56. The van der Waals surface area contributed by atoms with Crippen molar-refractivity contribution in [2.24, 2.45) is 0 Å². The van der Waals surface area contributed by atoms with E-state index in [9.17, 15) is 0 Å². The molecule has 0 aliphatic carbocycles. The normalized spacial score (nSPS) is 8.62. The molecule has 40 valence electrons. The van der Waals surface area contributed by atoms with Crippen LogP contribution in [0.3, 0.4) is 0 Å². The fraction of sp³-hybridized carbons (Fsp3) is 0.286. The van der Waals surface area contributed by atoms with Gasteiger partial charge in [0.2, 0.25) is 0 Å². The molecule has 0 aliphatic heterocycles. The van der Waals surface area contributed by atoms with E-state index in [1.807, 2.05) is 12.2 Å².